The summed E-state index contributed by atoms with van der Waals surface area (Å²) in [7, 11) is 0. The van der Waals surface area contributed by atoms with Crippen molar-refractivity contribution in [1.82, 2.24) is 14.7 Å². The normalized spacial score (nSPS) is 21.3. The number of rotatable bonds is 4. The number of benzene rings is 1. The highest BCUT2D eigenvalue weighted by Gasteiger charge is 2.46. The maximum atomic E-state index is 13.5. The molecule has 1 aromatic rings. The van der Waals surface area contributed by atoms with Crippen LogP contribution in [0.4, 0.5) is 36.8 Å². The van der Waals surface area contributed by atoms with Gasteiger partial charge in [0.05, 0.1) is 5.56 Å². The van der Waals surface area contributed by atoms with Crippen molar-refractivity contribution in [2.24, 2.45) is 5.41 Å². The van der Waals surface area contributed by atoms with Crippen molar-refractivity contribution in [3.8, 4) is 0 Å². The number of ether oxygens (including phenoxy) is 1. The Morgan fingerprint density at radius 3 is 2.08 bits per heavy atom. The number of piperazine rings is 1. The third-order valence-corrected chi connectivity index (χ3v) is 7.84. The van der Waals surface area contributed by atoms with E-state index in [1.807, 2.05) is 9.80 Å². The zero-order valence-electron chi connectivity index (χ0n) is 21.4. The summed E-state index contributed by atoms with van der Waals surface area (Å²) in [5, 5.41) is 0. The Kier molecular flexibility index (Phi) is 7.79. The molecule has 3 aliphatic rings. The quantitative estimate of drug-likeness (QED) is 0.522. The van der Waals surface area contributed by atoms with Crippen LogP contribution in [0.2, 0.25) is 0 Å². The van der Waals surface area contributed by atoms with Gasteiger partial charge in [0.15, 0.2) is 6.10 Å². The van der Waals surface area contributed by atoms with E-state index in [1.165, 1.54) is 24.0 Å². The maximum Gasteiger partial charge on any atom is 0.425 e. The average Bonchev–Trinajstić information content (AvgIpc) is 2.82. The number of piperidine rings is 1. The van der Waals surface area contributed by atoms with Crippen molar-refractivity contribution >= 4 is 17.7 Å². The molecule has 0 saturated carbocycles. The summed E-state index contributed by atoms with van der Waals surface area (Å²) >= 11 is 0. The van der Waals surface area contributed by atoms with Gasteiger partial charge in [0.1, 0.15) is 0 Å². The molecule has 0 bridgehead atoms. The molecule has 4 rings (SSSR count). The van der Waals surface area contributed by atoms with E-state index < -0.39 is 30.1 Å². The molecular formula is C25H32F6N4O3. The van der Waals surface area contributed by atoms with Gasteiger partial charge in [0, 0.05) is 76.9 Å². The van der Waals surface area contributed by atoms with E-state index in [0.717, 1.165) is 31.4 Å². The molecule has 1 unspecified atom stereocenters. The zero-order valence-corrected chi connectivity index (χ0v) is 21.4. The Hall–Kier alpha value is -2.70. The highest BCUT2D eigenvalue weighted by molar-refractivity contribution is 5.74. The molecule has 212 valence electrons. The lowest BCUT2D eigenvalue weighted by Gasteiger charge is -2.54. The van der Waals surface area contributed by atoms with E-state index in [-0.39, 0.29) is 24.4 Å². The molecular weight excluding hydrogens is 518 g/mol. The standard InChI is InChI=1S/C25H32F6N4O3/c1-17(24(26,27)28)38-22(37)34-11-9-32(10-12-34)14-19-3-4-20(25(29,30)31)13-21(19)33-7-5-23(6-8-33)15-35(16-23)18(2)36/h3-4,13,17H,5-12,14-16H2,1-2H3. The summed E-state index contributed by atoms with van der Waals surface area (Å²) in [5.41, 5.74) is 0.528. The number of carbonyl (C=O) groups is 2. The van der Waals surface area contributed by atoms with Gasteiger partial charge in [-0.3, -0.25) is 9.69 Å². The summed E-state index contributed by atoms with van der Waals surface area (Å²) < 4.78 is 83.2. The van der Waals surface area contributed by atoms with Gasteiger partial charge in [0.25, 0.3) is 0 Å². The van der Waals surface area contributed by atoms with Crippen molar-refractivity contribution in [1.29, 1.82) is 0 Å². The molecule has 13 heteroatoms. The van der Waals surface area contributed by atoms with Crippen molar-refractivity contribution in [2.45, 2.75) is 51.7 Å². The van der Waals surface area contributed by atoms with E-state index in [0.29, 0.717) is 51.5 Å². The topological polar surface area (TPSA) is 56.3 Å². The third-order valence-electron chi connectivity index (χ3n) is 7.84. The molecule has 1 spiro atoms. The number of alkyl halides is 6. The first-order valence-corrected chi connectivity index (χ1v) is 12.6. The molecule has 3 heterocycles. The molecule has 3 fully saturated rings. The van der Waals surface area contributed by atoms with Gasteiger partial charge in [0.2, 0.25) is 5.91 Å². The molecule has 7 nitrogen and oxygen atoms in total. The van der Waals surface area contributed by atoms with Crippen LogP contribution in [-0.2, 0) is 22.3 Å². The molecule has 1 aromatic carbocycles. The predicted molar refractivity (Wildman–Crippen MR) is 126 cm³/mol. The van der Waals surface area contributed by atoms with Gasteiger partial charge < -0.3 is 19.4 Å². The largest absolute Gasteiger partial charge is 0.437 e. The van der Waals surface area contributed by atoms with Crippen LogP contribution in [0.5, 0.6) is 0 Å². The lowest BCUT2D eigenvalue weighted by atomic mass is 9.72. The molecule has 38 heavy (non-hydrogen) atoms. The smallest absolute Gasteiger partial charge is 0.425 e. The summed E-state index contributed by atoms with van der Waals surface area (Å²) in [6, 6.07) is 3.73. The molecule has 3 saturated heterocycles. The molecule has 2 amide bonds. The van der Waals surface area contributed by atoms with Crippen LogP contribution in [-0.4, -0.2) is 91.3 Å². The van der Waals surface area contributed by atoms with E-state index in [2.05, 4.69) is 4.74 Å². The molecule has 0 radical (unpaired) electrons. The van der Waals surface area contributed by atoms with Crippen LogP contribution in [0.3, 0.4) is 0 Å². The second kappa shape index (κ2) is 10.5. The number of anilines is 1. The van der Waals surface area contributed by atoms with Crippen molar-refractivity contribution < 1.29 is 40.7 Å². The molecule has 1 atom stereocenters. The van der Waals surface area contributed by atoms with Gasteiger partial charge in [-0.15, -0.1) is 0 Å². The SMILES string of the molecule is CC(=O)N1CC2(CCN(c3cc(C(F)(F)F)ccc3CN3CCN(C(=O)OC(C)C(F)(F)F)CC3)CC2)C1. The summed E-state index contributed by atoms with van der Waals surface area (Å²) in [5.74, 6) is 0.0291. The van der Waals surface area contributed by atoms with E-state index in [4.69, 9.17) is 0 Å². The van der Waals surface area contributed by atoms with Gasteiger partial charge in [-0.2, -0.15) is 26.3 Å². The summed E-state index contributed by atoms with van der Waals surface area (Å²) in [6.07, 6.45) is -10.8. The number of carbonyl (C=O) groups excluding carboxylic acids is 2. The van der Waals surface area contributed by atoms with Crippen molar-refractivity contribution in [3.05, 3.63) is 29.3 Å². The number of hydrogen-bond acceptors (Lipinski definition) is 5. The Bertz CT molecular complexity index is 1020. The number of likely N-dealkylation sites (tertiary alicyclic amines) is 1. The first-order valence-electron chi connectivity index (χ1n) is 12.6. The lowest BCUT2D eigenvalue weighted by molar-refractivity contribution is -0.200. The number of nitrogens with zero attached hydrogens (tertiary/aromatic N) is 4. The minimum atomic E-state index is -4.64. The van der Waals surface area contributed by atoms with E-state index in [9.17, 15) is 35.9 Å². The van der Waals surface area contributed by atoms with Crippen molar-refractivity contribution in [2.75, 3.05) is 57.3 Å². The van der Waals surface area contributed by atoms with E-state index in [1.54, 1.807) is 4.90 Å². The monoisotopic (exact) mass is 550 g/mol. The second-order valence-corrected chi connectivity index (χ2v) is 10.5. The Morgan fingerprint density at radius 1 is 0.947 bits per heavy atom. The fraction of sp³-hybridized carbons (Fsp3) is 0.680. The van der Waals surface area contributed by atoms with Crippen LogP contribution in [0, 0.1) is 5.41 Å². The first-order chi connectivity index (χ1) is 17.7. The molecule has 3 aliphatic heterocycles. The second-order valence-electron chi connectivity index (χ2n) is 10.5. The first kappa shape index (κ1) is 28.3. The van der Waals surface area contributed by atoms with Gasteiger partial charge in [-0.25, -0.2) is 4.79 Å². The Labute approximate surface area is 217 Å². The van der Waals surface area contributed by atoms with Crippen LogP contribution < -0.4 is 4.90 Å². The maximum absolute atomic E-state index is 13.5. The number of hydrogen-bond donors (Lipinski definition) is 0. The molecule has 0 aliphatic carbocycles. The fourth-order valence-corrected chi connectivity index (χ4v) is 5.31. The van der Waals surface area contributed by atoms with Crippen LogP contribution in [0.1, 0.15) is 37.8 Å². The van der Waals surface area contributed by atoms with Gasteiger partial charge >= 0.3 is 18.4 Å². The van der Waals surface area contributed by atoms with Gasteiger partial charge in [-0.05, 0) is 37.5 Å². The number of halogens is 6. The fourth-order valence-electron chi connectivity index (χ4n) is 5.31. The number of amides is 2. The third kappa shape index (κ3) is 6.29. The van der Waals surface area contributed by atoms with Crippen LogP contribution in [0.25, 0.3) is 0 Å². The van der Waals surface area contributed by atoms with E-state index >= 15 is 0 Å². The molecule has 0 aromatic heterocycles. The minimum absolute atomic E-state index is 0.0263. The van der Waals surface area contributed by atoms with Crippen LogP contribution in [0.15, 0.2) is 18.2 Å². The Balaban J connectivity index is 1.40. The summed E-state index contributed by atoms with van der Waals surface area (Å²) in [6.45, 7) is 6.16. The average molecular weight is 551 g/mol. The predicted octanol–water partition coefficient (Wildman–Crippen LogP) is 4.36. The minimum Gasteiger partial charge on any atom is -0.437 e. The lowest BCUT2D eigenvalue weighted by Crippen LogP contribution is -2.61. The van der Waals surface area contributed by atoms with Gasteiger partial charge in [-0.1, -0.05) is 6.07 Å². The zero-order chi connectivity index (χ0) is 27.9. The highest BCUT2D eigenvalue weighted by atomic mass is 19.4. The van der Waals surface area contributed by atoms with Crippen molar-refractivity contribution in [3.63, 3.8) is 0 Å². The highest BCUT2D eigenvalue weighted by Crippen LogP contribution is 2.43. The van der Waals surface area contributed by atoms with Crippen LogP contribution >= 0.6 is 0 Å². The molecule has 0 N–H and O–H groups in total. The Morgan fingerprint density at radius 2 is 1.55 bits per heavy atom. The summed E-state index contributed by atoms with van der Waals surface area (Å²) in [4.78, 5) is 30.6.